The molecule has 0 bridgehead atoms. The average molecular weight is 315 g/mol. The van der Waals surface area contributed by atoms with Crippen LogP contribution in [0.25, 0.3) is 0 Å². The summed E-state index contributed by atoms with van der Waals surface area (Å²) in [7, 11) is 0. The molecule has 2 rings (SSSR count). The maximum absolute atomic E-state index is 11.8. The van der Waals surface area contributed by atoms with Crippen LogP contribution in [0.3, 0.4) is 0 Å². The molecule has 0 aliphatic rings. The molecular formula is C12H12Cl2N4O2. The van der Waals surface area contributed by atoms with Crippen LogP contribution in [0, 0.1) is 0 Å². The SMILES string of the molecule is CCOc1n[nH]c(NC(=O)Cc2ccc(Cl)c(Cl)c2)n1. The Bertz CT molecular complexity index is 615. The Morgan fingerprint density at radius 3 is 2.90 bits per heavy atom. The number of anilines is 1. The molecule has 1 aromatic carbocycles. The number of ether oxygens (including phenoxy) is 1. The van der Waals surface area contributed by atoms with Crippen molar-refractivity contribution in [2.45, 2.75) is 13.3 Å². The Labute approximate surface area is 125 Å². The van der Waals surface area contributed by atoms with Gasteiger partial charge in [-0.2, -0.15) is 4.98 Å². The fourth-order valence-corrected chi connectivity index (χ4v) is 1.83. The number of halogens is 2. The van der Waals surface area contributed by atoms with E-state index < -0.39 is 0 Å². The minimum absolute atomic E-state index is 0.154. The summed E-state index contributed by atoms with van der Waals surface area (Å²) in [6.07, 6.45) is 0.154. The van der Waals surface area contributed by atoms with Crippen LogP contribution in [0.1, 0.15) is 12.5 Å². The van der Waals surface area contributed by atoms with Crippen molar-refractivity contribution < 1.29 is 9.53 Å². The van der Waals surface area contributed by atoms with Crippen molar-refractivity contribution in [1.29, 1.82) is 0 Å². The third kappa shape index (κ3) is 3.85. The lowest BCUT2D eigenvalue weighted by Crippen LogP contribution is -2.15. The molecule has 0 aliphatic heterocycles. The number of hydrogen-bond donors (Lipinski definition) is 2. The van der Waals surface area contributed by atoms with Crippen LogP contribution in [-0.4, -0.2) is 27.7 Å². The fraction of sp³-hybridized carbons (Fsp3) is 0.250. The molecule has 0 radical (unpaired) electrons. The highest BCUT2D eigenvalue weighted by molar-refractivity contribution is 6.42. The average Bonchev–Trinajstić information content (AvgIpc) is 2.81. The predicted molar refractivity (Wildman–Crippen MR) is 76.3 cm³/mol. The Balaban J connectivity index is 1.95. The van der Waals surface area contributed by atoms with Crippen LogP contribution in [0.4, 0.5) is 5.95 Å². The number of nitrogens with one attached hydrogen (secondary N) is 2. The van der Waals surface area contributed by atoms with E-state index in [2.05, 4.69) is 20.5 Å². The molecule has 6 nitrogen and oxygen atoms in total. The quantitative estimate of drug-likeness (QED) is 0.889. The number of nitrogens with zero attached hydrogens (tertiary/aromatic N) is 2. The maximum atomic E-state index is 11.8. The van der Waals surface area contributed by atoms with Gasteiger partial charge >= 0.3 is 6.01 Å². The molecule has 1 heterocycles. The van der Waals surface area contributed by atoms with Gasteiger partial charge in [-0.1, -0.05) is 29.3 Å². The minimum Gasteiger partial charge on any atom is -0.463 e. The number of amides is 1. The summed E-state index contributed by atoms with van der Waals surface area (Å²) >= 11 is 11.7. The molecule has 2 N–H and O–H groups in total. The number of carbonyl (C=O) groups excluding carboxylic acids is 1. The van der Waals surface area contributed by atoms with Crippen molar-refractivity contribution in [3.8, 4) is 6.01 Å². The Kier molecular flexibility index (Phi) is 4.81. The van der Waals surface area contributed by atoms with E-state index in [1.807, 2.05) is 6.92 Å². The van der Waals surface area contributed by atoms with Crippen molar-refractivity contribution in [2.75, 3.05) is 11.9 Å². The van der Waals surface area contributed by atoms with E-state index >= 15 is 0 Å². The van der Waals surface area contributed by atoms with Gasteiger partial charge in [-0.15, -0.1) is 5.10 Å². The topological polar surface area (TPSA) is 79.9 Å². The van der Waals surface area contributed by atoms with Gasteiger partial charge in [0.25, 0.3) is 0 Å². The number of hydrogen-bond acceptors (Lipinski definition) is 4. The van der Waals surface area contributed by atoms with Gasteiger partial charge in [-0.25, -0.2) is 5.10 Å². The first-order valence-corrected chi connectivity index (χ1v) is 6.63. The van der Waals surface area contributed by atoms with Crippen LogP contribution in [0.5, 0.6) is 6.01 Å². The van der Waals surface area contributed by atoms with Crippen LogP contribution in [0.2, 0.25) is 10.0 Å². The smallest absolute Gasteiger partial charge is 0.337 e. The summed E-state index contributed by atoms with van der Waals surface area (Å²) in [5.41, 5.74) is 0.751. The number of carbonyl (C=O) groups is 1. The van der Waals surface area contributed by atoms with Crippen molar-refractivity contribution in [3.05, 3.63) is 33.8 Å². The van der Waals surface area contributed by atoms with Gasteiger partial charge in [0.1, 0.15) is 0 Å². The fourth-order valence-electron chi connectivity index (χ4n) is 1.51. The summed E-state index contributed by atoms with van der Waals surface area (Å²) in [6, 6.07) is 5.22. The lowest BCUT2D eigenvalue weighted by Gasteiger charge is -2.03. The summed E-state index contributed by atoms with van der Waals surface area (Å²) in [6.45, 7) is 2.27. The summed E-state index contributed by atoms with van der Waals surface area (Å²) in [4.78, 5) is 15.8. The summed E-state index contributed by atoms with van der Waals surface area (Å²) in [5.74, 6) is -0.0129. The van der Waals surface area contributed by atoms with Gasteiger partial charge in [0.15, 0.2) is 0 Å². The zero-order valence-electron chi connectivity index (χ0n) is 10.6. The van der Waals surface area contributed by atoms with E-state index in [0.717, 1.165) is 5.56 Å². The van der Waals surface area contributed by atoms with E-state index in [-0.39, 0.29) is 24.3 Å². The van der Waals surface area contributed by atoms with E-state index in [1.165, 1.54) is 0 Å². The second kappa shape index (κ2) is 6.58. The van der Waals surface area contributed by atoms with Gasteiger partial charge in [-0.05, 0) is 24.6 Å². The first-order chi connectivity index (χ1) is 9.58. The molecule has 0 saturated carbocycles. The van der Waals surface area contributed by atoms with Crippen molar-refractivity contribution in [2.24, 2.45) is 0 Å². The first-order valence-electron chi connectivity index (χ1n) is 5.87. The first kappa shape index (κ1) is 14.6. The highest BCUT2D eigenvalue weighted by atomic mass is 35.5. The second-order valence-corrected chi connectivity index (χ2v) is 4.69. The third-order valence-corrected chi connectivity index (χ3v) is 3.08. The van der Waals surface area contributed by atoms with E-state index in [9.17, 15) is 4.79 Å². The molecule has 0 fully saturated rings. The molecule has 20 heavy (non-hydrogen) atoms. The predicted octanol–water partition coefficient (Wildman–Crippen LogP) is 2.69. The molecule has 2 aromatic rings. The highest BCUT2D eigenvalue weighted by Gasteiger charge is 2.09. The lowest BCUT2D eigenvalue weighted by molar-refractivity contribution is -0.115. The highest BCUT2D eigenvalue weighted by Crippen LogP contribution is 2.22. The number of H-pyrrole nitrogens is 1. The van der Waals surface area contributed by atoms with E-state index in [4.69, 9.17) is 27.9 Å². The zero-order chi connectivity index (χ0) is 14.5. The second-order valence-electron chi connectivity index (χ2n) is 3.87. The molecule has 8 heteroatoms. The zero-order valence-corrected chi connectivity index (χ0v) is 12.1. The Morgan fingerprint density at radius 2 is 2.20 bits per heavy atom. The summed E-state index contributed by atoms with van der Waals surface area (Å²) < 4.78 is 5.08. The van der Waals surface area contributed by atoms with E-state index in [0.29, 0.717) is 16.7 Å². The van der Waals surface area contributed by atoms with Crippen molar-refractivity contribution >= 4 is 35.1 Å². The minimum atomic E-state index is -0.248. The maximum Gasteiger partial charge on any atom is 0.337 e. The van der Waals surface area contributed by atoms with Gasteiger partial charge in [0.2, 0.25) is 11.9 Å². The largest absolute Gasteiger partial charge is 0.463 e. The van der Waals surface area contributed by atoms with Gasteiger partial charge in [0, 0.05) is 0 Å². The van der Waals surface area contributed by atoms with Crippen LogP contribution >= 0.6 is 23.2 Å². The monoisotopic (exact) mass is 314 g/mol. The summed E-state index contributed by atoms with van der Waals surface area (Å²) in [5, 5.41) is 9.79. The molecule has 1 aromatic heterocycles. The van der Waals surface area contributed by atoms with Crippen LogP contribution < -0.4 is 10.1 Å². The molecule has 106 valence electrons. The molecule has 0 aliphatic carbocycles. The molecular weight excluding hydrogens is 303 g/mol. The molecule has 0 unspecified atom stereocenters. The standard InChI is InChI=1S/C12H12Cl2N4O2/c1-2-20-12-16-11(17-18-12)15-10(19)6-7-3-4-8(13)9(14)5-7/h3-5H,2,6H2,1H3,(H2,15,16,17,18,19). The van der Waals surface area contributed by atoms with Gasteiger partial charge in [0.05, 0.1) is 23.1 Å². The number of rotatable bonds is 5. The van der Waals surface area contributed by atoms with Gasteiger partial charge in [-0.3, -0.25) is 10.1 Å². The van der Waals surface area contributed by atoms with Gasteiger partial charge < -0.3 is 4.74 Å². The molecule has 0 saturated heterocycles. The lowest BCUT2D eigenvalue weighted by atomic mass is 10.1. The molecule has 0 atom stereocenters. The van der Waals surface area contributed by atoms with Crippen molar-refractivity contribution in [1.82, 2.24) is 15.2 Å². The normalized spacial score (nSPS) is 10.3. The number of benzene rings is 1. The van der Waals surface area contributed by atoms with Crippen molar-refractivity contribution in [3.63, 3.8) is 0 Å². The number of aromatic nitrogens is 3. The van der Waals surface area contributed by atoms with Crippen LogP contribution in [0.15, 0.2) is 18.2 Å². The number of aromatic amines is 1. The third-order valence-electron chi connectivity index (χ3n) is 2.34. The molecule has 1 amide bonds. The molecule has 0 spiro atoms. The van der Waals surface area contributed by atoms with Crippen LogP contribution in [-0.2, 0) is 11.2 Å². The Hall–Kier alpha value is -1.79. The van der Waals surface area contributed by atoms with E-state index in [1.54, 1.807) is 18.2 Å². The Morgan fingerprint density at radius 1 is 1.40 bits per heavy atom.